The number of hydrogen-bond donors (Lipinski definition) is 1. The molecule has 0 unspecified atom stereocenters. The molecule has 22 heavy (non-hydrogen) atoms. The quantitative estimate of drug-likeness (QED) is 0.801. The monoisotopic (exact) mass is 311 g/mol. The predicted octanol–water partition coefficient (Wildman–Crippen LogP) is 1.30. The molecule has 1 aromatic rings. The van der Waals surface area contributed by atoms with Crippen LogP contribution in [0.15, 0.2) is 24.3 Å². The summed E-state index contributed by atoms with van der Waals surface area (Å²) in [6.45, 7) is 1.61. The summed E-state index contributed by atoms with van der Waals surface area (Å²) in [4.78, 5) is 35.2. The highest BCUT2D eigenvalue weighted by molar-refractivity contribution is 5.96. The second-order valence-electron chi connectivity index (χ2n) is 4.74. The number of hydrogen-bond acceptors (Lipinski definition) is 5. The fourth-order valence-corrected chi connectivity index (χ4v) is 1.85. The van der Waals surface area contributed by atoms with E-state index < -0.39 is 35.6 Å². The Labute approximate surface area is 127 Å². The lowest BCUT2D eigenvalue weighted by Crippen LogP contribution is -2.46. The molecule has 0 saturated heterocycles. The molecule has 1 amide bonds. The van der Waals surface area contributed by atoms with Crippen molar-refractivity contribution < 1.29 is 28.2 Å². The van der Waals surface area contributed by atoms with Crippen molar-refractivity contribution in [1.82, 2.24) is 5.32 Å². The third kappa shape index (κ3) is 4.83. The third-order valence-corrected chi connectivity index (χ3v) is 3.13. The predicted molar refractivity (Wildman–Crippen MR) is 75.5 cm³/mol. The highest BCUT2D eigenvalue weighted by atomic mass is 19.1. The van der Waals surface area contributed by atoms with Gasteiger partial charge in [0.15, 0.2) is 0 Å². The van der Waals surface area contributed by atoms with Gasteiger partial charge in [0, 0.05) is 5.56 Å². The Morgan fingerprint density at radius 3 is 2.23 bits per heavy atom. The Hall–Kier alpha value is -2.44. The van der Waals surface area contributed by atoms with Gasteiger partial charge >= 0.3 is 11.9 Å². The van der Waals surface area contributed by atoms with Crippen molar-refractivity contribution >= 4 is 17.8 Å². The SMILES string of the molecule is COC(=O)C[C@@H](C)[C@@H](NC(=O)c1ccc(F)cc1)C(=O)OC. The Kier molecular flexibility index (Phi) is 6.49. The number of amides is 1. The van der Waals surface area contributed by atoms with Gasteiger partial charge in [-0.2, -0.15) is 0 Å². The summed E-state index contributed by atoms with van der Waals surface area (Å²) in [5, 5.41) is 2.49. The molecule has 0 bridgehead atoms. The van der Waals surface area contributed by atoms with Gasteiger partial charge in [-0.3, -0.25) is 9.59 Å². The van der Waals surface area contributed by atoms with E-state index in [2.05, 4.69) is 14.8 Å². The Morgan fingerprint density at radius 1 is 1.14 bits per heavy atom. The van der Waals surface area contributed by atoms with Gasteiger partial charge in [0.05, 0.1) is 20.6 Å². The number of carbonyl (C=O) groups excluding carboxylic acids is 3. The van der Waals surface area contributed by atoms with Crippen molar-refractivity contribution in [3.05, 3.63) is 35.6 Å². The molecule has 0 heterocycles. The smallest absolute Gasteiger partial charge is 0.328 e. The number of rotatable bonds is 6. The molecule has 7 heteroatoms. The van der Waals surface area contributed by atoms with Crippen LogP contribution in [0.5, 0.6) is 0 Å². The fraction of sp³-hybridized carbons (Fsp3) is 0.400. The van der Waals surface area contributed by atoms with Crippen LogP contribution >= 0.6 is 0 Å². The molecule has 0 spiro atoms. The molecule has 6 nitrogen and oxygen atoms in total. The molecule has 0 aliphatic carbocycles. The Bertz CT molecular complexity index is 543. The maximum atomic E-state index is 12.8. The lowest BCUT2D eigenvalue weighted by atomic mass is 9.98. The van der Waals surface area contributed by atoms with E-state index >= 15 is 0 Å². The van der Waals surface area contributed by atoms with Crippen LogP contribution < -0.4 is 5.32 Å². The first-order valence-electron chi connectivity index (χ1n) is 6.60. The largest absolute Gasteiger partial charge is 0.469 e. The van der Waals surface area contributed by atoms with E-state index in [9.17, 15) is 18.8 Å². The fourth-order valence-electron chi connectivity index (χ4n) is 1.85. The maximum absolute atomic E-state index is 12.8. The van der Waals surface area contributed by atoms with Gasteiger partial charge < -0.3 is 14.8 Å². The lowest BCUT2D eigenvalue weighted by Gasteiger charge is -2.22. The van der Waals surface area contributed by atoms with Gasteiger partial charge in [0.2, 0.25) is 0 Å². The third-order valence-electron chi connectivity index (χ3n) is 3.13. The molecule has 1 N–H and O–H groups in total. The molecule has 0 aromatic heterocycles. The van der Waals surface area contributed by atoms with E-state index in [1.54, 1.807) is 6.92 Å². The highest BCUT2D eigenvalue weighted by Crippen LogP contribution is 2.12. The summed E-state index contributed by atoms with van der Waals surface area (Å²) in [5.41, 5.74) is 0.195. The second kappa shape index (κ2) is 8.11. The Balaban J connectivity index is 2.84. The van der Waals surface area contributed by atoms with Crippen molar-refractivity contribution in [2.24, 2.45) is 5.92 Å². The van der Waals surface area contributed by atoms with E-state index in [1.165, 1.54) is 26.4 Å². The van der Waals surface area contributed by atoms with Crippen LogP contribution in [0.25, 0.3) is 0 Å². The van der Waals surface area contributed by atoms with Crippen molar-refractivity contribution in [2.45, 2.75) is 19.4 Å². The lowest BCUT2D eigenvalue weighted by molar-refractivity contribution is -0.146. The van der Waals surface area contributed by atoms with Crippen LogP contribution in [-0.2, 0) is 19.1 Å². The highest BCUT2D eigenvalue weighted by Gasteiger charge is 2.29. The van der Waals surface area contributed by atoms with Gasteiger partial charge in [-0.15, -0.1) is 0 Å². The summed E-state index contributed by atoms with van der Waals surface area (Å²) >= 11 is 0. The van der Waals surface area contributed by atoms with Gasteiger partial charge in [0.25, 0.3) is 5.91 Å². The summed E-state index contributed by atoms with van der Waals surface area (Å²) in [6, 6.07) is 3.86. The Morgan fingerprint density at radius 2 is 1.73 bits per heavy atom. The zero-order valence-corrected chi connectivity index (χ0v) is 12.6. The van der Waals surface area contributed by atoms with Crippen molar-refractivity contribution in [3.8, 4) is 0 Å². The van der Waals surface area contributed by atoms with Gasteiger partial charge in [-0.25, -0.2) is 9.18 Å². The average Bonchev–Trinajstić information content (AvgIpc) is 2.51. The molecule has 2 atom stereocenters. The van der Waals surface area contributed by atoms with Crippen LogP contribution in [0.4, 0.5) is 4.39 Å². The first-order valence-corrected chi connectivity index (χ1v) is 6.60. The van der Waals surface area contributed by atoms with Crippen LogP contribution in [0.2, 0.25) is 0 Å². The molecule has 1 rings (SSSR count). The van der Waals surface area contributed by atoms with Crippen LogP contribution in [-0.4, -0.2) is 38.1 Å². The zero-order valence-electron chi connectivity index (χ0n) is 12.6. The standard InChI is InChI=1S/C15H18FNO5/c1-9(8-12(18)21-2)13(15(20)22-3)17-14(19)10-4-6-11(16)7-5-10/h4-7,9,13H,8H2,1-3H3,(H,17,19)/t9-,13-/m1/s1. The molecule has 1 aromatic carbocycles. The minimum absolute atomic E-state index is 0.0556. The molecule has 120 valence electrons. The molecule has 0 aliphatic rings. The number of ether oxygens (including phenoxy) is 2. The van der Waals surface area contributed by atoms with E-state index in [-0.39, 0.29) is 12.0 Å². The topological polar surface area (TPSA) is 81.7 Å². The minimum atomic E-state index is -1.01. The van der Waals surface area contributed by atoms with Crippen molar-refractivity contribution in [3.63, 3.8) is 0 Å². The zero-order chi connectivity index (χ0) is 16.7. The molecule has 0 aliphatic heterocycles. The van der Waals surface area contributed by atoms with Crippen LogP contribution in [0, 0.1) is 11.7 Å². The first-order chi connectivity index (χ1) is 10.4. The maximum Gasteiger partial charge on any atom is 0.328 e. The van der Waals surface area contributed by atoms with E-state index in [4.69, 9.17) is 0 Å². The molecule has 0 fully saturated rings. The van der Waals surface area contributed by atoms with E-state index in [1.807, 2.05) is 0 Å². The van der Waals surface area contributed by atoms with Crippen molar-refractivity contribution in [2.75, 3.05) is 14.2 Å². The van der Waals surface area contributed by atoms with E-state index in [0.717, 1.165) is 12.1 Å². The van der Waals surface area contributed by atoms with Gasteiger partial charge in [-0.05, 0) is 30.2 Å². The number of methoxy groups -OCH3 is 2. The number of esters is 2. The first kappa shape index (κ1) is 17.6. The number of carbonyl (C=O) groups is 3. The molecule has 0 radical (unpaired) electrons. The summed E-state index contributed by atoms with van der Waals surface area (Å²) < 4.78 is 22.0. The normalized spacial score (nSPS) is 12.9. The van der Waals surface area contributed by atoms with Gasteiger partial charge in [0.1, 0.15) is 11.9 Å². The van der Waals surface area contributed by atoms with E-state index in [0.29, 0.717) is 0 Å². The number of halogens is 1. The number of nitrogens with one attached hydrogen (secondary N) is 1. The summed E-state index contributed by atoms with van der Waals surface area (Å²) in [5.74, 6) is -2.74. The van der Waals surface area contributed by atoms with Crippen LogP contribution in [0.3, 0.4) is 0 Å². The number of benzene rings is 1. The van der Waals surface area contributed by atoms with Crippen LogP contribution in [0.1, 0.15) is 23.7 Å². The minimum Gasteiger partial charge on any atom is -0.469 e. The molecular formula is C15H18FNO5. The second-order valence-corrected chi connectivity index (χ2v) is 4.74. The van der Waals surface area contributed by atoms with Gasteiger partial charge in [-0.1, -0.05) is 6.92 Å². The average molecular weight is 311 g/mol. The summed E-state index contributed by atoms with van der Waals surface area (Å²) in [6.07, 6.45) is -0.0556. The molecule has 0 saturated carbocycles. The van der Waals surface area contributed by atoms with Crippen molar-refractivity contribution in [1.29, 1.82) is 0 Å². The molecular weight excluding hydrogens is 293 g/mol. The summed E-state index contributed by atoms with van der Waals surface area (Å²) in [7, 11) is 2.42.